The third-order valence-electron chi connectivity index (χ3n) is 4.14. The Morgan fingerprint density at radius 3 is 2.45 bits per heavy atom. The van der Waals surface area contributed by atoms with E-state index in [9.17, 15) is 9.59 Å². The van der Waals surface area contributed by atoms with Gasteiger partial charge < -0.3 is 9.47 Å². The molecule has 0 saturated carbocycles. The van der Waals surface area contributed by atoms with Crippen LogP contribution in [0, 0.1) is 6.92 Å². The Hall–Kier alpha value is -2.99. The minimum atomic E-state index is -0.474. The molecule has 0 heterocycles. The van der Waals surface area contributed by atoms with E-state index in [0.29, 0.717) is 10.8 Å². The van der Waals surface area contributed by atoms with E-state index in [1.807, 2.05) is 39.0 Å². The maximum atomic E-state index is 12.0. The summed E-state index contributed by atoms with van der Waals surface area (Å²) in [5, 5.41) is 0.654. The van der Waals surface area contributed by atoms with Crippen molar-refractivity contribution < 1.29 is 19.1 Å². The molecule has 2 aromatic rings. The number of benzene rings is 2. The SMILES string of the molecule is COc1ccc(/C=C/C(=O)NNC(=O)COc2cc(C)c(Cl)cc2C(C)C)cc1. The number of ether oxygens (including phenoxy) is 2. The molecule has 0 atom stereocenters. The molecule has 0 aromatic heterocycles. The minimum absolute atomic E-state index is 0.189. The van der Waals surface area contributed by atoms with Crippen LogP contribution in [-0.2, 0) is 9.59 Å². The molecule has 2 amide bonds. The molecular weight excluding hydrogens is 392 g/mol. The average Bonchev–Trinajstić information content (AvgIpc) is 2.71. The third kappa shape index (κ3) is 6.84. The Morgan fingerprint density at radius 1 is 1.14 bits per heavy atom. The van der Waals surface area contributed by atoms with Crippen molar-refractivity contribution in [1.29, 1.82) is 0 Å². The molecule has 0 bridgehead atoms. The summed E-state index contributed by atoms with van der Waals surface area (Å²) in [6.07, 6.45) is 2.95. The standard InChI is InChI=1S/C22H25ClN2O4/c1-14(2)18-12-19(23)15(3)11-20(18)29-13-22(27)25-24-21(26)10-7-16-5-8-17(28-4)9-6-16/h5-12,14H,13H2,1-4H3,(H,24,26)(H,25,27)/b10-7+. The van der Waals surface area contributed by atoms with Crippen LogP contribution in [0.5, 0.6) is 11.5 Å². The van der Waals surface area contributed by atoms with Crippen molar-refractivity contribution in [1.82, 2.24) is 10.9 Å². The number of rotatable bonds is 7. The minimum Gasteiger partial charge on any atom is -0.497 e. The molecule has 0 aliphatic carbocycles. The molecular formula is C22H25ClN2O4. The maximum absolute atomic E-state index is 12.0. The number of hydrazine groups is 1. The first-order valence-electron chi connectivity index (χ1n) is 9.14. The molecule has 2 aromatic carbocycles. The van der Waals surface area contributed by atoms with Gasteiger partial charge in [0.05, 0.1) is 7.11 Å². The van der Waals surface area contributed by atoms with Gasteiger partial charge in [0.15, 0.2) is 6.61 Å². The lowest BCUT2D eigenvalue weighted by Gasteiger charge is -2.16. The highest BCUT2D eigenvalue weighted by molar-refractivity contribution is 6.31. The highest BCUT2D eigenvalue weighted by atomic mass is 35.5. The summed E-state index contributed by atoms with van der Waals surface area (Å²) in [4.78, 5) is 23.8. The first-order valence-corrected chi connectivity index (χ1v) is 9.51. The molecule has 154 valence electrons. The molecule has 0 aliphatic heterocycles. The molecule has 0 unspecified atom stereocenters. The lowest BCUT2D eigenvalue weighted by Crippen LogP contribution is -2.43. The number of methoxy groups -OCH3 is 1. The monoisotopic (exact) mass is 416 g/mol. The average molecular weight is 417 g/mol. The highest BCUT2D eigenvalue weighted by Crippen LogP contribution is 2.31. The Kier molecular flexibility index (Phi) is 8.09. The van der Waals surface area contributed by atoms with Gasteiger partial charge in [0.1, 0.15) is 11.5 Å². The van der Waals surface area contributed by atoms with E-state index in [0.717, 1.165) is 22.4 Å². The Balaban J connectivity index is 1.84. The number of amides is 2. The molecule has 0 aliphatic rings. The zero-order valence-corrected chi connectivity index (χ0v) is 17.7. The molecule has 6 nitrogen and oxygen atoms in total. The van der Waals surface area contributed by atoms with Crippen LogP contribution < -0.4 is 20.3 Å². The topological polar surface area (TPSA) is 76.7 Å². The molecule has 29 heavy (non-hydrogen) atoms. The van der Waals surface area contributed by atoms with Gasteiger partial charge in [-0.3, -0.25) is 20.4 Å². The molecule has 0 saturated heterocycles. The largest absolute Gasteiger partial charge is 0.497 e. The van der Waals surface area contributed by atoms with Crippen LogP contribution >= 0.6 is 11.6 Å². The molecule has 0 spiro atoms. The van der Waals surface area contributed by atoms with E-state index < -0.39 is 11.8 Å². The summed E-state index contributed by atoms with van der Waals surface area (Å²) in [5.41, 5.74) is 7.25. The summed E-state index contributed by atoms with van der Waals surface area (Å²) in [5.74, 6) is 0.588. The van der Waals surface area contributed by atoms with Crippen molar-refractivity contribution in [2.75, 3.05) is 13.7 Å². The number of aryl methyl sites for hydroxylation is 1. The van der Waals surface area contributed by atoms with Gasteiger partial charge in [0.25, 0.3) is 11.8 Å². The smallest absolute Gasteiger partial charge is 0.276 e. The second kappa shape index (κ2) is 10.5. The Morgan fingerprint density at radius 2 is 1.83 bits per heavy atom. The van der Waals surface area contributed by atoms with Crippen LogP contribution in [0.15, 0.2) is 42.5 Å². The molecule has 7 heteroatoms. The summed E-state index contributed by atoms with van der Waals surface area (Å²) < 4.78 is 10.7. The fourth-order valence-electron chi connectivity index (χ4n) is 2.49. The molecule has 0 radical (unpaired) electrons. The van der Waals surface area contributed by atoms with Crippen LogP contribution in [0.2, 0.25) is 5.02 Å². The van der Waals surface area contributed by atoms with E-state index in [1.165, 1.54) is 6.08 Å². The summed E-state index contributed by atoms with van der Waals surface area (Å²) in [6, 6.07) is 10.9. The fraction of sp³-hybridized carbons (Fsp3) is 0.273. The van der Waals surface area contributed by atoms with Crippen molar-refractivity contribution in [2.24, 2.45) is 0 Å². The second-order valence-electron chi connectivity index (χ2n) is 6.73. The first kappa shape index (κ1) is 22.3. The van der Waals surface area contributed by atoms with Gasteiger partial charge in [-0.15, -0.1) is 0 Å². The van der Waals surface area contributed by atoms with Gasteiger partial charge in [-0.2, -0.15) is 0 Å². The Bertz CT molecular complexity index is 892. The van der Waals surface area contributed by atoms with E-state index in [4.69, 9.17) is 21.1 Å². The van der Waals surface area contributed by atoms with Crippen molar-refractivity contribution in [3.63, 3.8) is 0 Å². The summed E-state index contributed by atoms with van der Waals surface area (Å²) in [6.45, 7) is 5.67. The van der Waals surface area contributed by atoms with Gasteiger partial charge in [0, 0.05) is 11.1 Å². The first-order chi connectivity index (χ1) is 13.8. The Labute approximate surface area is 175 Å². The summed E-state index contributed by atoms with van der Waals surface area (Å²) in [7, 11) is 1.59. The zero-order valence-electron chi connectivity index (χ0n) is 16.9. The van der Waals surface area contributed by atoms with Gasteiger partial charge in [-0.05, 0) is 59.9 Å². The number of hydrogen-bond donors (Lipinski definition) is 2. The van der Waals surface area contributed by atoms with Gasteiger partial charge in [-0.25, -0.2) is 0 Å². The molecule has 0 fully saturated rings. The molecule has 2 rings (SSSR count). The van der Waals surface area contributed by atoms with Gasteiger partial charge >= 0.3 is 0 Å². The lowest BCUT2D eigenvalue weighted by atomic mass is 10.0. The number of carbonyl (C=O) groups is 2. The van der Waals surface area contributed by atoms with Crippen LogP contribution in [0.1, 0.15) is 36.5 Å². The van der Waals surface area contributed by atoms with Crippen molar-refractivity contribution >= 4 is 29.5 Å². The highest BCUT2D eigenvalue weighted by Gasteiger charge is 2.13. The van der Waals surface area contributed by atoms with Crippen molar-refractivity contribution in [3.8, 4) is 11.5 Å². The predicted octanol–water partition coefficient (Wildman–Crippen LogP) is 4.02. The van der Waals surface area contributed by atoms with Crippen LogP contribution in [0.3, 0.4) is 0 Å². The number of hydrogen-bond acceptors (Lipinski definition) is 4. The van der Waals surface area contributed by atoms with Crippen LogP contribution in [-0.4, -0.2) is 25.5 Å². The van der Waals surface area contributed by atoms with Crippen molar-refractivity contribution in [3.05, 3.63) is 64.2 Å². The van der Waals surface area contributed by atoms with Crippen LogP contribution in [0.4, 0.5) is 0 Å². The number of carbonyl (C=O) groups excluding carboxylic acids is 2. The normalized spacial score (nSPS) is 10.8. The van der Waals surface area contributed by atoms with E-state index >= 15 is 0 Å². The number of halogens is 1. The van der Waals surface area contributed by atoms with Crippen LogP contribution in [0.25, 0.3) is 6.08 Å². The zero-order chi connectivity index (χ0) is 21.4. The quantitative estimate of drug-likeness (QED) is 0.528. The van der Waals surface area contributed by atoms with Gasteiger partial charge in [0.2, 0.25) is 0 Å². The fourth-order valence-corrected chi connectivity index (χ4v) is 2.66. The molecule has 2 N–H and O–H groups in total. The predicted molar refractivity (Wildman–Crippen MR) is 114 cm³/mol. The third-order valence-corrected chi connectivity index (χ3v) is 4.55. The van der Waals surface area contributed by atoms with E-state index in [1.54, 1.807) is 31.4 Å². The van der Waals surface area contributed by atoms with E-state index in [-0.39, 0.29) is 12.5 Å². The second-order valence-corrected chi connectivity index (χ2v) is 7.13. The van der Waals surface area contributed by atoms with E-state index in [2.05, 4.69) is 10.9 Å². The number of nitrogens with one attached hydrogen (secondary N) is 2. The van der Waals surface area contributed by atoms with Crippen molar-refractivity contribution in [2.45, 2.75) is 26.7 Å². The summed E-state index contributed by atoms with van der Waals surface area (Å²) >= 11 is 6.17. The maximum Gasteiger partial charge on any atom is 0.276 e. The lowest BCUT2D eigenvalue weighted by molar-refractivity contribution is -0.128. The van der Waals surface area contributed by atoms with Gasteiger partial charge in [-0.1, -0.05) is 37.6 Å².